The molecule has 3 heteroatoms. The zero-order chi connectivity index (χ0) is 10.8. The van der Waals surface area contributed by atoms with Crippen LogP contribution in [0.3, 0.4) is 0 Å². The van der Waals surface area contributed by atoms with E-state index in [1.807, 2.05) is 6.92 Å². The maximum atomic E-state index is 11.7. The smallest absolute Gasteiger partial charge is 0.319 e. The lowest BCUT2D eigenvalue weighted by molar-refractivity contribution is -0.158. The van der Waals surface area contributed by atoms with E-state index >= 15 is 0 Å². The fourth-order valence-electron chi connectivity index (χ4n) is 1.52. The summed E-state index contributed by atoms with van der Waals surface area (Å²) in [7, 11) is 0. The number of hydrogen-bond acceptors (Lipinski definition) is 3. The molecule has 0 radical (unpaired) electrons. The van der Waals surface area contributed by atoms with Crippen LogP contribution in [-0.4, -0.2) is 18.4 Å². The Kier molecular flexibility index (Phi) is 3.09. The number of hydrogen-bond donors (Lipinski definition) is 0. The summed E-state index contributed by atoms with van der Waals surface area (Å²) in [5, 5.41) is 0. The molecular weight excluding hydrogens is 180 g/mol. The van der Waals surface area contributed by atoms with Crippen LogP contribution < -0.4 is 0 Å². The molecule has 0 unspecified atom stereocenters. The molecule has 1 aliphatic carbocycles. The van der Waals surface area contributed by atoms with E-state index in [0.717, 1.165) is 12.0 Å². The maximum Gasteiger partial charge on any atom is 0.319 e. The second-order valence-corrected chi connectivity index (χ2v) is 3.91. The fourth-order valence-corrected chi connectivity index (χ4v) is 1.52. The van der Waals surface area contributed by atoms with Gasteiger partial charge in [0.1, 0.15) is 5.41 Å². The molecule has 0 bridgehead atoms. The molecule has 0 aromatic carbocycles. The predicted molar refractivity (Wildman–Crippen MR) is 52.7 cm³/mol. The van der Waals surface area contributed by atoms with E-state index in [1.54, 1.807) is 19.9 Å². The Bertz CT molecular complexity index is 291. The quantitative estimate of drug-likeness (QED) is 0.500. The van der Waals surface area contributed by atoms with Gasteiger partial charge in [0.2, 0.25) is 0 Å². The molecule has 1 aliphatic rings. The third kappa shape index (κ3) is 1.86. The summed E-state index contributed by atoms with van der Waals surface area (Å²) in [4.78, 5) is 23.2. The van der Waals surface area contributed by atoms with Crippen LogP contribution in [0.4, 0.5) is 0 Å². The zero-order valence-electron chi connectivity index (χ0n) is 8.92. The van der Waals surface area contributed by atoms with E-state index in [9.17, 15) is 9.59 Å². The van der Waals surface area contributed by atoms with Crippen LogP contribution in [-0.2, 0) is 14.3 Å². The number of rotatable bonds is 2. The molecule has 0 spiro atoms. The average Bonchev–Trinajstić information content (AvgIpc) is 2.12. The third-order valence-corrected chi connectivity index (χ3v) is 2.67. The van der Waals surface area contributed by atoms with Crippen LogP contribution in [0.1, 0.15) is 33.6 Å². The standard InChI is InChI=1S/C11H16O3/c1-4-14-10(13)11(3)6-5-8(2)7-9(11)12/h7H,4-6H2,1-3H3/t11-/m1/s1. The Morgan fingerprint density at radius 1 is 1.64 bits per heavy atom. The summed E-state index contributed by atoms with van der Waals surface area (Å²) < 4.78 is 4.90. The Morgan fingerprint density at radius 3 is 2.79 bits per heavy atom. The van der Waals surface area contributed by atoms with Crippen LogP contribution in [0.15, 0.2) is 11.6 Å². The molecule has 0 saturated carbocycles. The van der Waals surface area contributed by atoms with Gasteiger partial charge in [0.15, 0.2) is 5.78 Å². The lowest BCUT2D eigenvalue weighted by Gasteiger charge is -2.27. The summed E-state index contributed by atoms with van der Waals surface area (Å²) in [6.07, 6.45) is 2.91. The van der Waals surface area contributed by atoms with Gasteiger partial charge in [-0.2, -0.15) is 0 Å². The van der Waals surface area contributed by atoms with Crippen molar-refractivity contribution < 1.29 is 14.3 Å². The molecule has 0 heterocycles. The minimum atomic E-state index is -0.949. The van der Waals surface area contributed by atoms with E-state index in [4.69, 9.17) is 4.74 Å². The number of esters is 1. The van der Waals surface area contributed by atoms with Crippen molar-refractivity contribution in [2.24, 2.45) is 5.41 Å². The molecular formula is C11H16O3. The number of ether oxygens (including phenoxy) is 1. The molecule has 3 nitrogen and oxygen atoms in total. The fraction of sp³-hybridized carbons (Fsp3) is 0.636. The van der Waals surface area contributed by atoms with Crippen LogP contribution in [0, 0.1) is 5.41 Å². The number of carbonyl (C=O) groups excluding carboxylic acids is 2. The first-order valence-corrected chi connectivity index (χ1v) is 4.89. The van der Waals surface area contributed by atoms with Crippen molar-refractivity contribution in [1.29, 1.82) is 0 Å². The number of carbonyl (C=O) groups is 2. The summed E-state index contributed by atoms with van der Waals surface area (Å²) in [6, 6.07) is 0. The zero-order valence-corrected chi connectivity index (χ0v) is 8.92. The first-order valence-electron chi connectivity index (χ1n) is 4.89. The van der Waals surface area contributed by atoms with Crippen molar-refractivity contribution in [2.45, 2.75) is 33.6 Å². The van der Waals surface area contributed by atoms with Crippen molar-refractivity contribution in [3.63, 3.8) is 0 Å². The minimum Gasteiger partial charge on any atom is -0.465 e. The molecule has 0 aromatic heterocycles. The van der Waals surface area contributed by atoms with Crippen molar-refractivity contribution in [2.75, 3.05) is 6.61 Å². The second-order valence-electron chi connectivity index (χ2n) is 3.91. The summed E-state index contributed by atoms with van der Waals surface area (Å²) in [5.41, 5.74) is 0.0898. The first-order chi connectivity index (χ1) is 6.50. The highest BCUT2D eigenvalue weighted by molar-refractivity contribution is 6.09. The van der Waals surface area contributed by atoms with E-state index in [0.29, 0.717) is 13.0 Å². The molecule has 0 amide bonds. The van der Waals surface area contributed by atoms with Crippen molar-refractivity contribution in [3.05, 3.63) is 11.6 Å². The molecule has 0 aromatic rings. The van der Waals surface area contributed by atoms with Gasteiger partial charge in [-0.25, -0.2) is 0 Å². The van der Waals surface area contributed by atoms with Gasteiger partial charge in [-0.15, -0.1) is 0 Å². The highest BCUT2D eigenvalue weighted by atomic mass is 16.5. The first kappa shape index (κ1) is 11.0. The van der Waals surface area contributed by atoms with Crippen LogP contribution in [0.25, 0.3) is 0 Å². The lowest BCUT2D eigenvalue weighted by Crippen LogP contribution is -2.39. The summed E-state index contributed by atoms with van der Waals surface area (Å²) in [6.45, 7) is 5.64. The third-order valence-electron chi connectivity index (χ3n) is 2.67. The molecule has 1 rings (SSSR count). The molecule has 0 aliphatic heterocycles. The van der Waals surface area contributed by atoms with Gasteiger partial charge in [0.05, 0.1) is 6.61 Å². The SMILES string of the molecule is CCOC(=O)[C@]1(C)CCC(C)=CC1=O. The lowest BCUT2D eigenvalue weighted by atomic mass is 9.76. The largest absolute Gasteiger partial charge is 0.465 e. The predicted octanol–water partition coefficient (Wildman–Crippen LogP) is 1.86. The monoisotopic (exact) mass is 196 g/mol. The highest BCUT2D eigenvalue weighted by Gasteiger charge is 2.42. The van der Waals surface area contributed by atoms with Gasteiger partial charge in [-0.3, -0.25) is 9.59 Å². The van der Waals surface area contributed by atoms with Gasteiger partial charge >= 0.3 is 5.97 Å². The molecule has 78 valence electrons. The van der Waals surface area contributed by atoms with E-state index in [1.165, 1.54) is 0 Å². The van der Waals surface area contributed by atoms with E-state index < -0.39 is 11.4 Å². The molecule has 0 N–H and O–H groups in total. The van der Waals surface area contributed by atoms with Gasteiger partial charge in [0, 0.05) is 0 Å². The van der Waals surface area contributed by atoms with Crippen LogP contribution in [0.5, 0.6) is 0 Å². The van der Waals surface area contributed by atoms with Crippen LogP contribution >= 0.6 is 0 Å². The van der Waals surface area contributed by atoms with Crippen molar-refractivity contribution in [1.82, 2.24) is 0 Å². The van der Waals surface area contributed by atoms with Gasteiger partial charge in [0.25, 0.3) is 0 Å². The van der Waals surface area contributed by atoms with E-state index in [2.05, 4.69) is 0 Å². The Hall–Kier alpha value is -1.12. The molecule has 0 saturated heterocycles. The maximum absolute atomic E-state index is 11.7. The second kappa shape index (κ2) is 3.95. The summed E-state index contributed by atoms with van der Waals surface area (Å²) in [5.74, 6) is -0.520. The topological polar surface area (TPSA) is 43.4 Å². The molecule has 14 heavy (non-hydrogen) atoms. The molecule has 1 atom stereocenters. The minimum absolute atomic E-state index is 0.125. The normalized spacial score (nSPS) is 27.1. The van der Waals surface area contributed by atoms with Gasteiger partial charge in [-0.05, 0) is 39.7 Å². The molecule has 0 fully saturated rings. The van der Waals surface area contributed by atoms with Crippen molar-refractivity contribution in [3.8, 4) is 0 Å². The number of ketones is 1. The highest BCUT2D eigenvalue weighted by Crippen LogP contribution is 2.33. The Morgan fingerprint density at radius 2 is 2.29 bits per heavy atom. The van der Waals surface area contributed by atoms with Crippen molar-refractivity contribution >= 4 is 11.8 Å². The Labute approximate surface area is 84.1 Å². The van der Waals surface area contributed by atoms with E-state index in [-0.39, 0.29) is 5.78 Å². The van der Waals surface area contributed by atoms with Gasteiger partial charge in [-0.1, -0.05) is 5.57 Å². The average molecular weight is 196 g/mol. The number of allylic oxidation sites excluding steroid dienone is 2. The summed E-state index contributed by atoms with van der Waals surface area (Å²) >= 11 is 0. The van der Waals surface area contributed by atoms with Crippen LogP contribution in [0.2, 0.25) is 0 Å². The Balaban J connectivity index is 2.85. The van der Waals surface area contributed by atoms with Gasteiger partial charge < -0.3 is 4.74 Å².